The highest BCUT2D eigenvalue weighted by molar-refractivity contribution is 5.89. The minimum absolute atomic E-state index is 0.168. The van der Waals surface area contributed by atoms with Crippen molar-refractivity contribution in [3.63, 3.8) is 0 Å². The summed E-state index contributed by atoms with van der Waals surface area (Å²) in [4.78, 5) is 26.5. The van der Waals surface area contributed by atoms with Crippen LogP contribution in [0.25, 0.3) is 0 Å². The Morgan fingerprint density at radius 3 is 2.27 bits per heavy atom. The Kier molecular flexibility index (Phi) is 6.98. The van der Waals surface area contributed by atoms with Gasteiger partial charge in [-0.2, -0.15) is 0 Å². The van der Waals surface area contributed by atoms with Gasteiger partial charge in [0.2, 0.25) is 5.91 Å². The van der Waals surface area contributed by atoms with Crippen LogP contribution in [-0.4, -0.2) is 37.0 Å². The van der Waals surface area contributed by atoms with Crippen LogP contribution in [0, 0.1) is 5.41 Å². The molecular formula is C24H31N3O3. The van der Waals surface area contributed by atoms with Crippen LogP contribution in [-0.2, 0) is 17.8 Å². The Hall–Kier alpha value is -3.02. The molecule has 0 aromatic heterocycles. The highest BCUT2D eigenvalue weighted by Gasteiger charge is 2.39. The molecule has 0 spiro atoms. The first-order valence-electron chi connectivity index (χ1n) is 10.5. The molecule has 3 rings (SSSR count). The number of methoxy groups -OCH3 is 1. The molecule has 1 fully saturated rings. The van der Waals surface area contributed by atoms with Crippen LogP contribution in [0.15, 0.2) is 48.5 Å². The van der Waals surface area contributed by atoms with Gasteiger partial charge >= 0.3 is 6.03 Å². The zero-order chi connectivity index (χ0) is 21.6. The summed E-state index contributed by atoms with van der Waals surface area (Å²) in [6.45, 7) is 6.57. The number of rotatable bonds is 8. The summed E-state index contributed by atoms with van der Waals surface area (Å²) in [6, 6.07) is 14.7. The van der Waals surface area contributed by atoms with E-state index in [2.05, 4.69) is 24.5 Å². The van der Waals surface area contributed by atoms with Gasteiger partial charge in [-0.05, 0) is 41.8 Å². The van der Waals surface area contributed by atoms with Crippen molar-refractivity contribution in [1.82, 2.24) is 10.2 Å². The zero-order valence-corrected chi connectivity index (χ0v) is 18.0. The van der Waals surface area contributed by atoms with Crippen molar-refractivity contribution in [2.24, 2.45) is 5.41 Å². The molecule has 6 nitrogen and oxygen atoms in total. The summed E-state index contributed by atoms with van der Waals surface area (Å²) < 4.78 is 5.13. The molecule has 0 bridgehead atoms. The summed E-state index contributed by atoms with van der Waals surface area (Å²) in [5.74, 6) is 0.951. The molecule has 1 aliphatic heterocycles. The number of amides is 3. The van der Waals surface area contributed by atoms with E-state index in [-0.39, 0.29) is 17.4 Å². The van der Waals surface area contributed by atoms with Gasteiger partial charge in [0.25, 0.3) is 0 Å². The molecular weight excluding hydrogens is 378 g/mol. The van der Waals surface area contributed by atoms with E-state index in [4.69, 9.17) is 4.74 Å². The fourth-order valence-electron chi connectivity index (χ4n) is 3.91. The molecule has 2 N–H and O–H groups in total. The lowest BCUT2D eigenvalue weighted by Crippen LogP contribution is -2.57. The minimum atomic E-state index is -0.273. The summed E-state index contributed by atoms with van der Waals surface area (Å²) in [5.41, 5.74) is 2.92. The first kappa shape index (κ1) is 21.7. The number of anilines is 1. The van der Waals surface area contributed by atoms with E-state index in [0.717, 1.165) is 42.8 Å². The van der Waals surface area contributed by atoms with E-state index in [1.807, 2.05) is 53.4 Å². The van der Waals surface area contributed by atoms with Gasteiger partial charge in [-0.25, -0.2) is 4.79 Å². The second-order valence-corrected chi connectivity index (χ2v) is 8.34. The third-order valence-corrected chi connectivity index (χ3v) is 5.53. The molecule has 0 atom stereocenters. The van der Waals surface area contributed by atoms with Crippen LogP contribution in [0.4, 0.5) is 10.5 Å². The van der Waals surface area contributed by atoms with Crippen LogP contribution in [0.5, 0.6) is 5.75 Å². The molecule has 1 saturated heterocycles. The van der Waals surface area contributed by atoms with Gasteiger partial charge in [-0.15, -0.1) is 0 Å². The number of nitrogens with zero attached hydrogens (tertiary/aromatic N) is 1. The number of benzene rings is 2. The quantitative estimate of drug-likeness (QED) is 0.686. The lowest BCUT2D eigenvalue weighted by Gasteiger charge is -2.48. The average molecular weight is 410 g/mol. The predicted octanol–water partition coefficient (Wildman–Crippen LogP) is 4.21. The van der Waals surface area contributed by atoms with Crippen molar-refractivity contribution in [1.29, 1.82) is 0 Å². The fraction of sp³-hybridized carbons (Fsp3) is 0.417. The summed E-state index contributed by atoms with van der Waals surface area (Å²) in [7, 11) is 1.62. The van der Waals surface area contributed by atoms with Crippen molar-refractivity contribution < 1.29 is 14.3 Å². The third-order valence-electron chi connectivity index (χ3n) is 5.53. The zero-order valence-electron chi connectivity index (χ0n) is 18.0. The van der Waals surface area contributed by atoms with Crippen LogP contribution >= 0.6 is 0 Å². The van der Waals surface area contributed by atoms with Crippen molar-refractivity contribution in [3.05, 3.63) is 59.7 Å². The smallest absolute Gasteiger partial charge is 0.319 e. The molecule has 0 aliphatic carbocycles. The monoisotopic (exact) mass is 409 g/mol. The molecule has 6 heteroatoms. The molecule has 0 radical (unpaired) electrons. The third kappa shape index (κ3) is 5.75. The molecule has 1 aliphatic rings. The topological polar surface area (TPSA) is 70.7 Å². The number of nitrogens with one attached hydrogen (secondary N) is 2. The molecule has 2 aromatic carbocycles. The van der Waals surface area contributed by atoms with Crippen molar-refractivity contribution in [3.8, 4) is 5.75 Å². The van der Waals surface area contributed by atoms with E-state index in [1.165, 1.54) is 0 Å². The second kappa shape index (κ2) is 9.65. The number of hydrogen-bond acceptors (Lipinski definition) is 3. The first-order chi connectivity index (χ1) is 14.4. The Labute approximate surface area is 178 Å². The predicted molar refractivity (Wildman–Crippen MR) is 119 cm³/mol. The van der Waals surface area contributed by atoms with Crippen LogP contribution < -0.4 is 15.4 Å². The van der Waals surface area contributed by atoms with E-state index in [1.54, 1.807) is 7.11 Å². The van der Waals surface area contributed by atoms with Gasteiger partial charge in [0.1, 0.15) is 5.75 Å². The summed E-state index contributed by atoms with van der Waals surface area (Å²) in [6.07, 6.45) is 2.71. The largest absolute Gasteiger partial charge is 0.497 e. The molecule has 30 heavy (non-hydrogen) atoms. The van der Waals surface area contributed by atoms with E-state index in [0.29, 0.717) is 18.7 Å². The van der Waals surface area contributed by atoms with Crippen molar-refractivity contribution >= 4 is 17.6 Å². The van der Waals surface area contributed by atoms with Gasteiger partial charge in [0.15, 0.2) is 0 Å². The molecule has 2 aromatic rings. The first-order valence-corrected chi connectivity index (χ1v) is 10.5. The number of likely N-dealkylation sites (tertiary alicyclic amines) is 1. The van der Waals surface area contributed by atoms with E-state index in [9.17, 15) is 9.59 Å². The van der Waals surface area contributed by atoms with Gasteiger partial charge < -0.3 is 20.3 Å². The van der Waals surface area contributed by atoms with E-state index >= 15 is 0 Å². The SMILES string of the molecule is CCCC1(C)CN(C(=O)Cc2ccc(NC(=O)NCc3ccc(OC)cc3)cc2)C1. The number of hydrogen-bond donors (Lipinski definition) is 2. The van der Waals surface area contributed by atoms with Crippen LogP contribution in [0.3, 0.4) is 0 Å². The second-order valence-electron chi connectivity index (χ2n) is 8.34. The number of carbonyl (C=O) groups excluding carboxylic acids is 2. The lowest BCUT2D eigenvalue weighted by atomic mass is 9.78. The number of urea groups is 1. The maximum atomic E-state index is 12.4. The highest BCUT2D eigenvalue weighted by atomic mass is 16.5. The average Bonchev–Trinajstić information content (AvgIpc) is 2.72. The minimum Gasteiger partial charge on any atom is -0.497 e. The summed E-state index contributed by atoms with van der Waals surface area (Å²) >= 11 is 0. The number of carbonyl (C=O) groups is 2. The highest BCUT2D eigenvalue weighted by Crippen LogP contribution is 2.34. The Morgan fingerprint density at radius 2 is 1.67 bits per heavy atom. The molecule has 0 unspecified atom stereocenters. The standard InChI is InChI=1S/C24H31N3O3/c1-4-13-24(2)16-27(17-24)22(28)14-18-5-9-20(10-6-18)26-23(29)25-15-19-7-11-21(30-3)12-8-19/h5-12H,4,13-17H2,1-3H3,(H2,25,26,29). The van der Waals surface area contributed by atoms with Gasteiger partial charge in [0.05, 0.1) is 13.5 Å². The van der Waals surface area contributed by atoms with E-state index < -0.39 is 0 Å². The molecule has 0 saturated carbocycles. The van der Waals surface area contributed by atoms with Crippen molar-refractivity contribution in [2.75, 3.05) is 25.5 Å². The molecule has 1 heterocycles. The Balaban J connectivity index is 1.42. The normalized spacial score (nSPS) is 14.6. The van der Waals surface area contributed by atoms with Crippen LogP contribution in [0.1, 0.15) is 37.8 Å². The maximum absolute atomic E-state index is 12.4. The number of ether oxygens (including phenoxy) is 1. The maximum Gasteiger partial charge on any atom is 0.319 e. The van der Waals surface area contributed by atoms with Gasteiger partial charge in [-0.1, -0.05) is 44.5 Å². The molecule has 3 amide bonds. The Bertz CT molecular complexity index is 856. The van der Waals surface area contributed by atoms with Crippen molar-refractivity contribution in [2.45, 2.75) is 39.7 Å². The fourth-order valence-corrected chi connectivity index (χ4v) is 3.91. The molecule has 160 valence electrons. The van der Waals surface area contributed by atoms with Gasteiger partial charge in [-0.3, -0.25) is 4.79 Å². The van der Waals surface area contributed by atoms with Gasteiger partial charge in [0, 0.05) is 30.7 Å². The lowest BCUT2D eigenvalue weighted by molar-refractivity contribution is -0.142. The van der Waals surface area contributed by atoms with Crippen LogP contribution in [0.2, 0.25) is 0 Å². The Morgan fingerprint density at radius 1 is 1.03 bits per heavy atom. The summed E-state index contributed by atoms with van der Waals surface area (Å²) in [5, 5.41) is 5.64.